The number of rotatable bonds is 6. The van der Waals surface area contributed by atoms with Crippen molar-refractivity contribution >= 4 is 23.2 Å². The number of aryl methyl sites for hydroxylation is 5. The predicted octanol–water partition coefficient (Wildman–Crippen LogP) is 3.61. The molecule has 0 atom stereocenters. The molecule has 2 aromatic carbocycles. The first-order chi connectivity index (χ1) is 13.3. The number of hydrogen-bond acceptors (Lipinski definition) is 3. The maximum absolute atomic E-state index is 12.4. The fourth-order valence-electron chi connectivity index (χ4n) is 3.95. The van der Waals surface area contributed by atoms with Gasteiger partial charge < -0.3 is 10.6 Å². The molecule has 0 heterocycles. The van der Waals surface area contributed by atoms with Gasteiger partial charge in [-0.1, -0.05) is 23.8 Å². The number of carbonyl (C=O) groups excluding carboxylic acids is 2. The molecule has 0 aliphatic heterocycles. The number of carbonyl (C=O) groups is 2. The van der Waals surface area contributed by atoms with Crippen LogP contribution in [0.1, 0.15) is 34.2 Å². The molecule has 0 spiro atoms. The van der Waals surface area contributed by atoms with Gasteiger partial charge in [-0.2, -0.15) is 0 Å². The summed E-state index contributed by atoms with van der Waals surface area (Å²) in [4.78, 5) is 26.4. The first-order valence-electron chi connectivity index (χ1n) is 9.79. The topological polar surface area (TPSA) is 61.4 Å². The van der Waals surface area contributed by atoms with Crippen molar-refractivity contribution in [3.63, 3.8) is 0 Å². The molecule has 0 saturated carbocycles. The minimum absolute atomic E-state index is 0.115. The first kappa shape index (κ1) is 20.1. The zero-order valence-corrected chi connectivity index (χ0v) is 17.2. The van der Waals surface area contributed by atoms with Crippen LogP contribution in [0.5, 0.6) is 0 Å². The summed E-state index contributed by atoms with van der Waals surface area (Å²) in [5.74, 6) is -0.237. The van der Waals surface area contributed by atoms with E-state index in [1.807, 2.05) is 26.8 Å². The fourth-order valence-corrected chi connectivity index (χ4v) is 3.95. The summed E-state index contributed by atoms with van der Waals surface area (Å²) >= 11 is 0. The largest absolute Gasteiger partial charge is 0.325 e. The Morgan fingerprint density at radius 2 is 1.50 bits per heavy atom. The minimum atomic E-state index is -0.122. The summed E-state index contributed by atoms with van der Waals surface area (Å²) in [6.07, 6.45) is 3.39. The van der Waals surface area contributed by atoms with E-state index in [1.165, 1.54) is 23.1 Å². The molecule has 0 fully saturated rings. The maximum Gasteiger partial charge on any atom is 0.238 e. The summed E-state index contributed by atoms with van der Waals surface area (Å²) < 4.78 is 0. The van der Waals surface area contributed by atoms with E-state index < -0.39 is 0 Å². The van der Waals surface area contributed by atoms with Crippen LogP contribution in [0.2, 0.25) is 0 Å². The lowest BCUT2D eigenvalue weighted by Gasteiger charge is -2.18. The quantitative estimate of drug-likeness (QED) is 0.806. The van der Waals surface area contributed by atoms with E-state index in [0.717, 1.165) is 35.3 Å². The van der Waals surface area contributed by atoms with Gasteiger partial charge in [-0.25, -0.2) is 0 Å². The zero-order valence-electron chi connectivity index (χ0n) is 17.2. The van der Waals surface area contributed by atoms with Crippen LogP contribution in [0.25, 0.3) is 0 Å². The van der Waals surface area contributed by atoms with Crippen molar-refractivity contribution in [2.45, 2.75) is 40.0 Å². The van der Waals surface area contributed by atoms with Crippen LogP contribution in [0.4, 0.5) is 11.4 Å². The minimum Gasteiger partial charge on any atom is -0.325 e. The van der Waals surface area contributed by atoms with Gasteiger partial charge in [-0.15, -0.1) is 0 Å². The smallest absolute Gasteiger partial charge is 0.238 e. The molecule has 3 rings (SSSR count). The molecule has 0 bridgehead atoms. The average molecular weight is 380 g/mol. The molecular formula is C23H29N3O2. The molecule has 2 N–H and O–H groups in total. The third-order valence-corrected chi connectivity index (χ3v) is 5.15. The third kappa shape index (κ3) is 4.98. The first-order valence-corrected chi connectivity index (χ1v) is 9.79. The van der Waals surface area contributed by atoms with E-state index in [-0.39, 0.29) is 24.9 Å². The number of amides is 2. The highest BCUT2D eigenvalue weighted by Crippen LogP contribution is 2.25. The van der Waals surface area contributed by atoms with Gasteiger partial charge in [0.15, 0.2) is 0 Å². The van der Waals surface area contributed by atoms with Crippen LogP contribution in [0.3, 0.4) is 0 Å². The average Bonchev–Trinajstić information content (AvgIpc) is 3.05. The molecule has 148 valence electrons. The molecule has 5 heteroatoms. The van der Waals surface area contributed by atoms with Crippen LogP contribution in [0, 0.1) is 20.8 Å². The van der Waals surface area contributed by atoms with E-state index in [1.54, 1.807) is 11.9 Å². The van der Waals surface area contributed by atoms with E-state index in [4.69, 9.17) is 0 Å². The summed E-state index contributed by atoms with van der Waals surface area (Å²) in [5, 5.41) is 5.91. The van der Waals surface area contributed by atoms with Crippen LogP contribution < -0.4 is 10.6 Å². The van der Waals surface area contributed by atoms with Gasteiger partial charge in [0.05, 0.1) is 13.1 Å². The normalized spacial score (nSPS) is 12.8. The number of likely N-dealkylation sites (N-methyl/N-ethyl adjacent to an activating group) is 1. The molecule has 2 aromatic rings. The van der Waals surface area contributed by atoms with Crippen LogP contribution in [-0.2, 0) is 22.4 Å². The van der Waals surface area contributed by atoms with E-state index in [0.29, 0.717) is 0 Å². The van der Waals surface area contributed by atoms with Crippen molar-refractivity contribution < 1.29 is 9.59 Å². The van der Waals surface area contributed by atoms with E-state index in [9.17, 15) is 9.59 Å². The molecule has 1 aliphatic carbocycles. The van der Waals surface area contributed by atoms with Crippen molar-refractivity contribution in [2.75, 3.05) is 30.8 Å². The molecule has 28 heavy (non-hydrogen) atoms. The Kier molecular flexibility index (Phi) is 6.15. The van der Waals surface area contributed by atoms with Crippen molar-refractivity contribution in [3.05, 3.63) is 58.1 Å². The maximum atomic E-state index is 12.4. The second kappa shape index (κ2) is 8.57. The summed E-state index contributed by atoms with van der Waals surface area (Å²) in [6, 6.07) is 10.2. The van der Waals surface area contributed by atoms with Gasteiger partial charge in [0.25, 0.3) is 0 Å². The Balaban J connectivity index is 1.51. The third-order valence-electron chi connectivity index (χ3n) is 5.15. The van der Waals surface area contributed by atoms with Gasteiger partial charge in [0.2, 0.25) is 11.8 Å². The Bertz CT molecular complexity index is 882. The van der Waals surface area contributed by atoms with Crippen LogP contribution in [-0.4, -0.2) is 36.9 Å². The fraction of sp³-hybridized carbons (Fsp3) is 0.391. The summed E-state index contributed by atoms with van der Waals surface area (Å²) in [6.45, 7) is 6.34. The Hall–Kier alpha value is -2.66. The molecular weight excluding hydrogens is 350 g/mol. The Morgan fingerprint density at radius 3 is 2.18 bits per heavy atom. The number of nitrogens with zero attached hydrogens (tertiary/aromatic N) is 1. The lowest BCUT2D eigenvalue weighted by Crippen LogP contribution is -2.36. The van der Waals surface area contributed by atoms with Gasteiger partial charge in [0, 0.05) is 11.4 Å². The highest BCUT2D eigenvalue weighted by Gasteiger charge is 2.15. The van der Waals surface area contributed by atoms with E-state index >= 15 is 0 Å². The highest BCUT2D eigenvalue weighted by molar-refractivity contribution is 5.95. The van der Waals surface area contributed by atoms with Crippen LogP contribution in [0.15, 0.2) is 30.3 Å². The number of hydrogen-bond donors (Lipinski definition) is 2. The molecule has 0 saturated heterocycles. The number of anilines is 2. The highest BCUT2D eigenvalue weighted by atomic mass is 16.2. The number of benzene rings is 2. The lowest BCUT2D eigenvalue weighted by molar-refractivity contribution is -0.119. The molecule has 2 amide bonds. The lowest BCUT2D eigenvalue weighted by atomic mass is 10.1. The predicted molar refractivity (Wildman–Crippen MR) is 114 cm³/mol. The van der Waals surface area contributed by atoms with Crippen molar-refractivity contribution in [3.8, 4) is 0 Å². The summed E-state index contributed by atoms with van der Waals surface area (Å²) in [7, 11) is 1.77. The van der Waals surface area contributed by atoms with Crippen molar-refractivity contribution in [1.29, 1.82) is 0 Å². The molecule has 1 aliphatic rings. The van der Waals surface area contributed by atoms with Gasteiger partial charge >= 0.3 is 0 Å². The monoisotopic (exact) mass is 379 g/mol. The number of fused-ring (bicyclic) bond motifs is 1. The van der Waals surface area contributed by atoms with Crippen LogP contribution >= 0.6 is 0 Å². The SMILES string of the molecule is Cc1cc(C)c(NC(=O)CN(C)CC(=O)Nc2ccc3c(c2)CCC3)c(C)c1. The Morgan fingerprint density at radius 1 is 0.893 bits per heavy atom. The zero-order chi connectivity index (χ0) is 20.3. The molecule has 0 unspecified atom stereocenters. The summed E-state index contributed by atoms with van der Waals surface area (Å²) in [5.41, 5.74) is 7.66. The second-order valence-electron chi connectivity index (χ2n) is 7.88. The van der Waals surface area contributed by atoms with E-state index in [2.05, 4.69) is 34.9 Å². The second-order valence-corrected chi connectivity index (χ2v) is 7.88. The van der Waals surface area contributed by atoms with Gasteiger partial charge in [0.1, 0.15) is 0 Å². The van der Waals surface area contributed by atoms with Crippen molar-refractivity contribution in [1.82, 2.24) is 4.90 Å². The van der Waals surface area contributed by atoms with Gasteiger partial charge in [-0.3, -0.25) is 14.5 Å². The Labute approximate surface area is 167 Å². The molecule has 0 aromatic heterocycles. The molecule has 0 radical (unpaired) electrons. The van der Waals surface area contributed by atoms with Gasteiger partial charge in [-0.05, 0) is 81.5 Å². The molecule has 5 nitrogen and oxygen atoms in total. The number of nitrogens with one attached hydrogen (secondary N) is 2. The standard InChI is InChI=1S/C23H29N3O2/c1-15-10-16(2)23(17(3)11-15)25-22(28)14-26(4)13-21(27)24-20-9-8-18-6-5-7-19(18)12-20/h8-12H,5-7,13-14H2,1-4H3,(H,24,27)(H,25,28). The van der Waals surface area contributed by atoms with Crippen molar-refractivity contribution in [2.24, 2.45) is 0 Å².